The topological polar surface area (TPSA) is 115 Å². The normalized spacial score (nSPS) is 20.9. The molecule has 0 saturated carbocycles. The monoisotopic (exact) mass is 370 g/mol. The third-order valence-corrected chi connectivity index (χ3v) is 6.29. The van der Waals surface area contributed by atoms with Crippen molar-refractivity contribution in [1.82, 2.24) is 9.21 Å². The molecule has 1 amide bonds. The van der Waals surface area contributed by atoms with E-state index in [2.05, 4.69) is 0 Å². The SMILES string of the molecule is CCN(CC)S(=O)(=O)c1cccc(C(=O)N2C[C@@H](O)C[C@H]2C(=O)O)c1. The zero-order valence-corrected chi connectivity index (χ0v) is 14.9. The van der Waals surface area contributed by atoms with E-state index in [-0.39, 0.29) is 23.4 Å². The number of likely N-dealkylation sites (tertiary alicyclic amines) is 1. The Hall–Kier alpha value is -1.97. The number of nitrogens with zero attached hydrogens (tertiary/aromatic N) is 2. The van der Waals surface area contributed by atoms with Crippen molar-refractivity contribution in [3.63, 3.8) is 0 Å². The van der Waals surface area contributed by atoms with Crippen LogP contribution in [0.3, 0.4) is 0 Å². The van der Waals surface area contributed by atoms with Gasteiger partial charge in [-0.15, -0.1) is 0 Å². The van der Waals surface area contributed by atoms with Crippen LogP contribution in [-0.4, -0.2) is 71.5 Å². The van der Waals surface area contributed by atoms with E-state index < -0.39 is 34.0 Å². The standard InChI is InChI=1S/C16H22N2O6S/c1-3-17(4-2)25(23,24)13-7-5-6-11(8-13)15(20)18-10-12(19)9-14(18)16(21)22/h5-8,12,14,19H,3-4,9-10H2,1-2H3,(H,21,22)/t12-,14-/m0/s1. The number of amides is 1. The van der Waals surface area contributed by atoms with Crippen LogP contribution in [0.15, 0.2) is 29.2 Å². The molecule has 0 aromatic heterocycles. The summed E-state index contributed by atoms with van der Waals surface area (Å²) in [7, 11) is -3.72. The molecule has 2 rings (SSSR count). The minimum absolute atomic E-state index is 0.0197. The Kier molecular flexibility index (Phi) is 5.81. The number of carboxylic acids is 1. The number of hydrogen-bond donors (Lipinski definition) is 2. The molecule has 0 aliphatic carbocycles. The van der Waals surface area contributed by atoms with Crippen molar-refractivity contribution in [3.8, 4) is 0 Å². The smallest absolute Gasteiger partial charge is 0.326 e. The minimum atomic E-state index is -3.72. The molecule has 1 aliphatic rings. The number of hydrogen-bond acceptors (Lipinski definition) is 5. The first-order valence-electron chi connectivity index (χ1n) is 8.04. The van der Waals surface area contributed by atoms with Gasteiger partial charge in [-0.05, 0) is 18.2 Å². The number of aliphatic hydroxyl groups excluding tert-OH is 1. The van der Waals surface area contributed by atoms with Crippen LogP contribution in [0.2, 0.25) is 0 Å². The Morgan fingerprint density at radius 1 is 1.28 bits per heavy atom. The predicted octanol–water partition coefficient (Wildman–Crippen LogP) is 0.377. The molecule has 2 atom stereocenters. The van der Waals surface area contributed by atoms with E-state index >= 15 is 0 Å². The number of β-amino-alcohol motifs (C(OH)–C–C–N with tert-alkyl or cyclic N) is 1. The highest BCUT2D eigenvalue weighted by Crippen LogP contribution is 2.23. The lowest BCUT2D eigenvalue weighted by Gasteiger charge is -2.22. The molecule has 1 aliphatic heterocycles. The molecular weight excluding hydrogens is 348 g/mol. The molecule has 138 valence electrons. The molecule has 1 aromatic rings. The fraction of sp³-hybridized carbons (Fsp3) is 0.500. The average molecular weight is 370 g/mol. The van der Waals surface area contributed by atoms with Crippen molar-refractivity contribution in [1.29, 1.82) is 0 Å². The number of rotatable bonds is 6. The molecule has 1 fully saturated rings. The summed E-state index contributed by atoms with van der Waals surface area (Å²) in [6.45, 7) is 3.95. The molecule has 25 heavy (non-hydrogen) atoms. The van der Waals surface area contributed by atoms with Gasteiger partial charge in [0.25, 0.3) is 5.91 Å². The summed E-state index contributed by atoms with van der Waals surface area (Å²) in [6.07, 6.45) is -0.953. The second kappa shape index (κ2) is 7.51. The number of benzene rings is 1. The van der Waals surface area contributed by atoms with E-state index in [1.807, 2.05) is 0 Å². The third kappa shape index (κ3) is 3.83. The first kappa shape index (κ1) is 19.4. The van der Waals surface area contributed by atoms with Gasteiger partial charge in [-0.25, -0.2) is 13.2 Å². The summed E-state index contributed by atoms with van der Waals surface area (Å²) in [6, 6.07) is 4.42. The van der Waals surface area contributed by atoms with Gasteiger partial charge < -0.3 is 15.1 Å². The summed E-state index contributed by atoms with van der Waals surface area (Å²) in [5, 5.41) is 18.9. The Morgan fingerprint density at radius 3 is 2.48 bits per heavy atom. The number of sulfonamides is 1. The lowest BCUT2D eigenvalue weighted by molar-refractivity contribution is -0.141. The Labute approximate surface area is 146 Å². The summed E-state index contributed by atoms with van der Waals surface area (Å²) in [5.41, 5.74) is 0.0774. The van der Waals surface area contributed by atoms with Gasteiger partial charge in [-0.2, -0.15) is 4.31 Å². The third-order valence-electron chi connectivity index (χ3n) is 4.25. The van der Waals surface area contributed by atoms with Crippen molar-refractivity contribution in [2.45, 2.75) is 37.3 Å². The quantitative estimate of drug-likeness (QED) is 0.748. The lowest BCUT2D eigenvalue weighted by Crippen LogP contribution is -2.40. The van der Waals surface area contributed by atoms with Crippen LogP contribution in [0.1, 0.15) is 30.6 Å². The van der Waals surface area contributed by atoms with Gasteiger partial charge >= 0.3 is 5.97 Å². The number of carboxylic acid groups (broad SMARTS) is 1. The first-order valence-corrected chi connectivity index (χ1v) is 9.48. The van der Waals surface area contributed by atoms with Crippen molar-refractivity contribution in [2.24, 2.45) is 0 Å². The summed E-state index contributed by atoms with van der Waals surface area (Å²) < 4.78 is 26.4. The van der Waals surface area contributed by atoms with E-state index in [1.165, 1.54) is 28.6 Å². The van der Waals surface area contributed by atoms with Crippen LogP contribution in [0.4, 0.5) is 0 Å². The van der Waals surface area contributed by atoms with Gasteiger partial charge in [0.1, 0.15) is 6.04 Å². The molecule has 1 aromatic carbocycles. The van der Waals surface area contributed by atoms with Crippen LogP contribution in [0, 0.1) is 0 Å². The van der Waals surface area contributed by atoms with E-state index in [4.69, 9.17) is 0 Å². The largest absolute Gasteiger partial charge is 0.480 e. The number of carbonyl (C=O) groups is 2. The van der Waals surface area contributed by atoms with E-state index in [9.17, 15) is 28.2 Å². The van der Waals surface area contributed by atoms with Gasteiger partial charge in [0.2, 0.25) is 10.0 Å². The first-order chi connectivity index (χ1) is 11.7. The highest BCUT2D eigenvalue weighted by molar-refractivity contribution is 7.89. The highest BCUT2D eigenvalue weighted by atomic mass is 32.2. The Morgan fingerprint density at radius 2 is 1.92 bits per heavy atom. The molecule has 0 unspecified atom stereocenters. The maximum absolute atomic E-state index is 12.6. The zero-order chi connectivity index (χ0) is 18.8. The number of aliphatic carboxylic acids is 1. The van der Waals surface area contributed by atoms with Crippen LogP contribution in [-0.2, 0) is 14.8 Å². The van der Waals surface area contributed by atoms with Crippen molar-refractivity contribution in [3.05, 3.63) is 29.8 Å². The second-order valence-electron chi connectivity index (χ2n) is 5.82. The van der Waals surface area contributed by atoms with Crippen molar-refractivity contribution >= 4 is 21.9 Å². The highest BCUT2D eigenvalue weighted by Gasteiger charge is 2.39. The van der Waals surface area contributed by atoms with Crippen molar-refractivity contribution < 1.29 is 28.2 Å². The molecule has 0 radical (unpaired) electrons. The van der Waals surface area contributed by atoms with Crippen LogP contribution < -0.4 is 0 Å². The predicted molar refractivity (Wildman–Crippen MR) is 89.6 cm³/mol. The zero-order valence-electron chi connectivity index (χ0n) is 14.1. The average Bonchev–Trinajstić information content (AvgIpc) is 2.97. The lowest BCUT2D eigenvalue weighted by atomic mass is 10.1. The maximum Gasteiger partial charge on any atom is 0.326 e. The maximum atomic E-state index is 12.6. The summed E-state index contributed by atoms with van der Waals surface area (Å²) in [5.74, 6) is -1.81. The summed E-state index contributed by atoms with van der Waals surface area (Å²) in [4.78, 5) is 25.0. The molecule has 0 spiro atoms. The molecule has 9 heteroatoms. The van der Waals surface area contributed by atoms with Gasteiger partial charge in [-0.1, -0.05) is 19.9 Å². The second-order valence-corrected chi connectivity index (χ2v) is 7.76. The Bertz CT molecular complexity index is 760. The van der Waals surface area contributed by atoms with Crippen LogP contribution in [0.5, 0.6) is 0 Å². The van der Waals surface area contributed by atoms with Gasteiger partial charge in [0, 0.05) is 31.6 Å². The van der Waals surface area contributed by atoms with Gasteiger partial charge in [0.05, 0.1) is 11.0 Å². The molecule has 1 heterocycles. The molecule has 8 nitrogen and oxygen atoms in total. The van der Waals surface area contributed by atoms with E-state index in [0.717, 1.165) is 4.90 Å². The van der Waals surface area contributed by atoms with E-state index in [1.54, 1.807) is 13.8 Å². The van der Waals surface area contributed by atoms with Crippen LogP contribution >= 0.6 is 0 Å². The van der Waals surface area contributed by atoms with Gasteiger partial charge in [-0.3, -0.25) is 4.79 Å². The van der Waals surface area contributed by atoms with Crippen molar-refractivity contribution in [2.75, 3.05) is 19.6 Å². The molecule has 0 bridgehead atoms. The minimum Gasteiger partial charge on any atom is -0.480 e. The van der Waals surface area contributed by atoms with Crippen LogP contribution in [0.25, 0.3) is 0 Å². The number of carbonyl (C=O) groups excluding carboxylic acids is 1. The number of aliphatic hydroxyl groups is 1. The fourth-order valence-electron chi connectivity index (χ4n) is 2.94. The Balaban J connectivity index is 2.35. The van der Waals surface area contributed by atoms with E-state index in [0.29, 0.717) is 13.1 Å². The molecule has 2 N–H and O–H groups in total. The summed E-state index contributed by atoms with van der Waals surface area (Å²) >= 11 is 0. The molecule has 1 saturated heterocycles. The molecular formula is C16H22N2O6S. The fourth-order valence-corrected chi connectivity index (χ4v) is 4.44. The van der Waals surface area contributed by atoms with Gasteiger partial charge in [0.15, 0.2) is 0 Å².